The second-order valence-corrected chi connectivity index (χ2v) is 5.14. The number of nitrogens with one attached hydrogen (secondary N) is 1. The molecular formula is C17H19FN2O. The molecule has 1 aliphatic rings. The summed E-state index contributed by atoms with van der Waals surface area (Å²) < 4.78 is 18.7. The average molecular weight is 286 g/mol. The molecule has 0 spiro atoms. The molecule has 21 heavy (non-hydrogen) atoms. The molecule has 0 aromatic heterocycles. The molecule has 0 bridgehead atoms. The summed E-state index contributed by atoms with van der Waals surface area (Å²) in [5, 5.41) is 3.43. The zero-order valence-electron chi connectivity index (χ0n) is 12.1. The molecule has 0 radical (unpaired) electrons. The molecule has 110 valence electrons. The Labute approximate surface area is 124 Å². The van der Waals surface area contributed by atoms with Crippen LogP contribution in [0.1, 0.15) is 11.6 Å². The fourth-order valence-corrected chi connectivity index (χ4v) is 2.81. The Bertz CT molecular complexity index is 603. The van der Waals surface area contributed by atoms with Gasteiger partial charge in [-0.2, -0.15) is 0 Å². The van der Waals surface area contributed by atoms with Crippen molar-refractivity contribution >= 4 is 5.69 Å². The third-order valence-corrected chi connectivity index (χ3v) is 3.89. The van der Waals surface area contributed by atoms with Crippen LogP contribution in [-0.2, 0) is 0 Å². The van der Waals surface area contributed by atoms with Gasteiger partial charge < -0.3 is 15.0 Å². The Balaban J connectivity index is 1.94. The molecular weight excluding hydrogens is 267 g/mol. The number of halogens is 1. The lowest BCUT2D eigenvalue weighted by Gasteiger charge is -2.38. The highest BCUT2D eigenvalue weighted by Gasteiger charge is 2.24. The van der Waals surface area contributed by atoms with Crippen molar-refractivity contribution in [2.24, 2.45) is 0 Å². The van der Waals surface area contributed by atoms with Gasteiger partial charge in [0.05, 0.1) is 13.2 Å². The van der Waals surface area contributed by atoms with E-state index in [9.17, 15) is 4.39 Å². The van der Waals surface area contributed by atoms with Crippen LogP contribution in [0, 0.1) is 5.82 Å². The molecule has 1 N–H and O–H groups in total. The first-order valence-corrected chi connectivity index (χ1v) is 7.15. The first-order valence-electron chi connectivity index (χ1n) is 7.15. The minimum Gasteiger partial charge on any atom is -0.494 e. The van der Waals surface area contributed by atoms with Gasteiger partial charge in [0.25, 0.3) is 0 Å². The number of anilines is 1. The Morgan fingerprint density at radius 1 is 1.19 bits per heavy atom. The number of nitrogens with zero attached hydrogens (tertiary/aromatic N) is 1. The predicted molar refractivity (Wildman–Crippen MR) is 82.4 cm³/mol. The first kappa shape index (κ1) is 13.9. The van der Waals surface area contributed by atoms with Gasteiger partial charge in [0, 0.05) is 31.4 Å². The lowest BCUT2D eigenvalue weighted by atomic mass is 10.0. The van der Waals surface area contributed by atoms with E-state index >= 15 is 0 Å². The van der Waals surface area contributed by atoms with Crippen LogP contribution in [0.4, 0.5) is 10.1 Å². The largest absolute Gasteiger partial charge is 0.494 e. The van der Waals surface area contributed by atoms with E-state index in [4.69, 9.17) is 4.74 Å². The van der Waals surface area contributed by atoms with Crippen LogP contribution < -0.4 is 15.0 Å². The molecule has 2 aromatic rings. The number of benzene rings is 2. The smallest absolute Gasteiger partial charge is 0.165 e. The molecule has 1 atom stereocenters. The SMILES string of the molecule is COc1cc(N2CCNCC2c2ccccc2)ccc1F. The van der Waals surface area contributed by atoms with Gasteiger partial charge in [-0.3, -0.25) is 0 Å². The summed E-state index contributed by atoms with van der Waals surface area (Å²) in [6.45, 7) is 2.68. The van der Waals surface area contributed by atoms with E-state index in [0.29, 0.717) is 0 Å². The monoisotopic (exact) mass is 286 g/mol. The molecule has 3 rings (SSSR count). The number of rotatable bonds is 3. The molecule has 3 nitrogen and oxygen atoms in total. The van der Waals surface area contributed by atoms with E-state index in [-0.39, 0.29) is 17.6 Å². The van der Waals surface area contributed by atoms with Crippen molar-refractivity contribution in [2.45, 2.75) is 6.04 Å². The van der Waals surface area contributed by atoms with Crippen LogP contribution in [0.25, 0.3) is 0 Å². The summed E-state index contributed by atoms with van der Waals surface area (Å²) in [6.07, 6.45) is 0. The van der Waals surface area contributed by atoms with Crippen LogP contribution in [0.15, 0.2) is 48.5 Å². The summed E-state index contributed by atoms with van der Waals surface area (Å²) >= 11 is 0. The number of hydrogen-bond acceptors (Lipinski definition) is 3. The molecule has 1 saturated heterocycles. The Morgan fingerprint density at radius 2 is 2.00 bits per heavy atom. The Hall–Kier alpha value is -2.07. The fourth-order valence-electron chi connectivity index (χ4n) is 2.81. The maximum Gasteiger partial charge on any atom is 0.165 e. The Morgan fingerprint density at radius 3 is 2.76 bits per heavy atom. The van der Waals surface area contributed by atoms with Gasteiger partial charge in [-0.25, -0.2) is 4.39 Å². The number of methoxy groups -OCH3 is 1. The number of piperazine rings is 1. The van der Waals surface area contributed by atoms with Crippen molar-refractivity contribution in [3.63, 3.8) is 0 Å². The van der Waals surface area contributed by atoms with E-state index in [0.717, 1.165) is 25.3 Å². The minimum atomic E-state index is -0.326. The van der Waals surface area contributed by atoms with E-state index in [1.165, 1.54) is 18.7 Å². The molecule has 1 aliphatic heterocycles. The highest BCUT2D eigenvalue weighted by molar-refractivity contribution is 5.53. The third-order valence-electron chi connectivity index (χ3n) is 3.89. The zero-order valence-corrected chi connectivity index (χ0v) is 12.1. The van der Waals surface area contributed by atoms with Crippen molar-refractivity contribution in [1.82, 2.24) is 5.32 Å². The summed E-state index contributed by atoms with van der Waals surface area (Å²) in [6, 6.07) is 15.7. The highest BCUT2D eigenvalue weighted by atomic mass is 19.1. The predicted octanol–water partition coefficient (Wildman–Crippen LogP) is 2.99. The normalized spacial score (nSPS) is 18.6. The maximum absolute atomic E-state index is 13.6. The second kappa shape index (κ2) is 6.14. The van der Waals surface area contributed by atoms with Crippen molar-refractivity contribution in [2.75, 3.05) is 31.6 Å². The summed E-state index contributed by atoms with van der Waals surface area (Å²) in [4.78, 5) is 2.30. The van der Waals surface area contributed by atoms with Gasteiger partial charge in [-0.15, -0.1) is 0 Å². The maximum atomic E-state index is 13.6. The quantitative estimate of drug-likeness (QED) is 0.939. The van der Waals surface area contributed by atoms with E-state index < -0.39 is 0 Å². The third kappa shape index (κ3) is 2.85. The standard InChI is InChI=1S/C17H19FN2O/c1-21-17-11-14(7-8-15(17)18)20-10-9-19-12-16(20)13-5-3-2-4-6-13/h2-8,11,16,19H,9-10,12H2,1H3. The van der Waals surface area contributed by atoms with Crippen molar-refractivity contribution in [3.8, 4) is 5.75 Å². The molecule has 1 unspecified atom stereocenters. The fraction of sp³-hybridized carbons (Fsp3) is 0.294. The minimum absolute atomic E-state index is 0.245. The summed E-state index contributed by atoms with van der Waals surface area (Å²) in [5.74, 6) is -0.0366. The van der Waals surface area contributed by atoms with Gasteiger partial charge in [-0.1, -0.05) is 30.3 Å². The van der Waals surface area contributed by atoms with Crippen LogP contribution in [0.3, 0.4) is 0 Å². The zero-order chi connectivity index (χ0) is 14.7. The van der Waals surface area contributed by atoms with E-state index in [2.05, 4.69) is 22.3 Å². The molecule has 0 saturated carbocycles. The highest BCUT2D eigenvalue weighted by Crippen LogP contribution is 2.31. The van der Waals surface area contributed by atoms with E-state index in [1.807, 2.05) is 24.3 Å². The van der Waals surface area contributed by atoms with E-state index in [1.54, 1.807) is 6.07 Å². The van der Waals surface area contributed by atoms with Crippen molar-refractivity contribution < 1.29 is 9.13 Å². The molecule has 4 heteroatoms. The van der Waals surface area contributed by atoms with Gasteiger partial charge in [0.1, 0.15) is 0 Å². The lowest BCUT2D eigenvalue weighted by molar-refractivity contribution is 0.386. The second-order valence-electron chi connectivity index (χ2n) is 5.14. The Kier molecular flexibility index (Phi) is 4.06. The molecule has 2 aromatic carbocycles. The van der Waals surface area contributed by atoms with Gasteiger partial charge in [0.2, 0.25) is 0 Å². The molecule has 1 heterocycles. The molecule has 0 amide bonds. The molecule has 0 aliphatic carbocycles. The van der Waals surface area contributed by atoms with Crippen molar-refractivity contribution in [3.05, 3.63) is 59.9 Å². The van der Waals surface area contributed by atoms with Crippen molar-refractivity contribution in [1.29, 1.82) is 0 Å². The number of hydrogen-bond donors (Lipinski definition) is 1. The van der Waals surface area contributed by atoms with Gasteiger partial charge in [-0.05, 0) is 17.7 Å². The lowest BCUT2D eigenvalue weighted by Crippen LogP contribution is -2.46. The van der Waals surface area contributed by atoms with Crippen LogP contribution in [0.2, 0.25) is 0 Å². The topological polar surface area (TPSA) is 24.5 Å². The average Bonchev–Trinajstić information content (AvgIpc) is 2.56. The summed E-state index contributed by atoms with van der Waals surface area (Å²) in [7, 11) is 1.49. The first-order chi connectivity index (χ1) is 10.3. The van der Waals surface area contributed by atoms with Crippen LogP contribution >= 0.6 is 0 Å². The van der Waals surface area contributed by atoms with Gasteiger partial charge >= 0.3 is 0 Å². The van der Waals surface area contributed by atoms with Gasteiger partial charge in [0.15, 0.2) is 11.6 Å². The number of ether oxygens (including phenoxy) is 1. The van der Waals surface area contributed by atoms with Crippen LogP contribution in [0.5, 0.6) is 5.75 Å². The van der Waals surface area contributed by atoms with Crippen LogP contribution in [-0.4, -0.2) is 26.7 Å². The molecule has 1 fully saturated rings. The summed E-state index contributed by atoms with van der Waals surface area (Å²) in [5.41, 5.74) is 2.25.